The molecule has 3 rings (SSSR count). The number of rotatable bonds is 6. The van der Waals surface area contributed by atoms with Gasteiger partial charge in [-0.25, -0.2) is 4.79 Å². The minimum atomic E-state index is -0.292. The van der Waals surface area contributed by atoms with Crippen molar-refractivity contribution in [3.05, 3.63) is 59.8 Å². The summed E-state index contributed by atoms with van der Waals surface area (Å²) in [5, 5.41) is 9.23. The Labute approximate surface area is 157 Å². The summed E-state index contributed by atoms with van der Waals surface area (Å²) >= 11 is 0. The van der Waals surface area contributed by atoms with Crippen molar-refractivity contribution in [2.75, 3.05) is 26.0 Å². The van der Waals surface area contributed by atoms with Crippen molar-refractivity contribution in [2.24, 2.45) is 0 Å². The molecule has 1 heterocycles. The molecule has 2 aromatic carbocycles. The number of methoxy groups -OCH3 is 1. The Bertz CT molecular complexity index is 948. The number of fused-ring (bicyclic) bond motifs is 1. The molecule has 0 aliphatic heterocycles. The van der Waals surface area contributed by atoms with E-state index in [1.54, 1.807) is 38.4 Å². The Morgan fingerprint density at radius 1 is 1.11 bits per heavy atom. The number of carbonyl (C=O) groups excluding carboxylic acids is 2. The molecule has 27 heavy (non-hydrogen) atoms. The van der Waals surface area contributed by atoms with Crippen LogP contribution >= 0.6 is 0 Å². The van der Waals surface area contributed by atoms with Crippen molar-refractivity contribution in [1.82, 2.24) is 15.6 Å². The van der Waals surface area contributed by atoms with E-state index in [0.29, 0.717) is 24.2 Å². The molecule has 3 amide bonds. The maximum absolute atomic E-state index is 12.1. The predicted molar refractivity (Wildman–Crippen MR) is 105 cm³/mol. The van der Waals surface area contributed by atoms with Crippen molar-refractivity contribution in [2.45, 2.75) is 6.42 Å². The molecule has 0 unspecified atom stereocenters. The number of benzene rings is 2. The molecule has 0 spiro atoms. The molecule has 3 aromatic rings. The second-order valence-corrected chi connectivity index (χ2v) is 6.01. The first-order chi connectivity index (χ1) is 13.1. The molecular weight excluding hydrogens is 344 g/mol. The number of aromatic nitrogens is 1. The van der Waals surface area contributed by atoms with E-state index in [1.165, 1.54) is 0 Å². The number of urea groups is 1. The Morgan fingerprint density at radius 3 is 2.59 bits per heavy atom. The van der Waals surface area contributed by atoms with E-state index in [-0.39, 0.29) is 11.9 Å². The number of amides is 3. The molecule has 0 aliphatic rings. The topological polar surface area (TPSA) is 95.3 Å². The summed E-state index contributed by atoms with van der Waals surface area (Å²) in [6, 6.07) is 12.3. The number of hydrogen-bond donors (Lipinski definition) is 4. The van der Waals surface area contributed by atoms with Crippen molar-refractivity contribution in [3.8, 4) is 5.75 Å². The van der Waals surface area contributed by atoms with Gasteiger partial charge in [0.15, 0.2) is 0 Å². The Balaban J connectivity index is 1.53. The average molecular weight is 366 g/mol. The monoisotopic (exact) mass is 366 g/mol. The van der Waals surface area contributed by atoms with E-state index in [1.807, 2.05) is 24.4 Å². The first-order valence-electron chi connectivity index (χ1n) is 8.61. The lowest BCUT2D eigenvalue weighted by molar-refractivity contribution is 0.0963. The Morgan fingerprint density at radius 2 is 1.89 bits per heavy atom. The van der Waals surface area contributed by atoms with Gasteiger partial charge < -0.3 is 25.7 Å². The Kier molecular flexibility index (Phi) is 5.61. The van der Waals surface area contributed by atoms with Crippen LogP contribution in [0.3, 0.4) is 0 Å². The van der Waals surface area contributed by atoms with Crippen LogP contribution in [0.2, 0.25) is 0 Å². The van der Waals surface area contributed by atoms with E-state index < -0.39 is 0 Å². The summed E-state index contributed by atoms with van der Waals surface area (Å²) in [7, 11) is 3.21. The van der Waals surface area contributed by atoms with E-state index >= 15 is 0 Å². The highest BCUT2D eigenvalue weighted by Crippen LogP contribution is 2.23. The highest BCUT2D eigenvalue weighted by Gasteiger charge is 2.07. The molecule has 0 atom stereocenters. The van der Waals surface area contributed by atoms with Crippen molar-refractivity contribution in [1.29, 1.82) is 0 Å². The fourth-order valence-corrected chi connectivity index (χ4v) is 2.83. The third-order valence-corrected chi connectivity index (χ3v) is 4.29. The van der Waals surface area contributed by atoms with E-state index in [0.717, 1.165) is 22.2 Å². The van der Waals surface area contributed by atoms with Crippen LogP contribution in [-0.4, -0.2) is 37.6 Å². The Hall–Kier alpha value is -3.48. The van der Waals surface area contributed by atoms with Gasteiger partial charge in [0.25, 0.3) is 5.91 Å². The maximum atomic E-state index is 12.1. The molecule has 0 saturated carbocycles. The lowest BCUT2D eigenvalue weighted by Gasteiger charge is -2.08. The minimum Gasteiger partial charge on any atom is -0.497 e. The molecular formula is C20H22N4O3. The number of nitrogens with one attached hydrogen (secondary N) is 4. The zero-order chi connectivity index (χ0) is 19.2. The predicted octanol–water partition coefficient (Wildman–Crippen LogP) is 2.90. The molecule has 7 heteroatoms. The molecule has 0 saturated heterocycles. The van der Waals surface area contributed by atoms with Gasteiger partial charge >= 0.3 is 6.03 Å². The first-order valence-corrected chi connectivity index (χ1v) is 8.61. The SMILES string of the molecule is CNC(=O)c1ccc(NC(=O)NCCc2c[nH]c3ccc(OC)cc23)cc1. The van der Waals surface area contributed by atoms with Gasteiger partial charge in [0.1, 0.15) is 5.75 Å². The summed E-state index contributed by atoms with van der Waals surface area (Å²) in [5.41, 5.74) is 3.31. The molecule has 7 nitrogen and oxygen atoms in total. The molecule has 4 N–H and O–H groups in total. The quantitative estimate of drug-likeness (QED) is 0.540. The molecule has 140 valence electrons. The van der Waals surface area contributed by atoms with Crippen LogP contribution in [0.15, 0.2) is 48.7 Å². The molecule has 0 aliphatic carbocycles. The van der Waals surface area contributed by atoms with Crippen LogP contribution in [0.5, 0.6) is 5.75 Å². The zero-order valence-electron chi connectivity index (χ0n) is 15.3. The summed E-state index contributed by atoms with van der Waals surface area (Å²) < 4.78 is 5.27. The number of H-pyrrole nitrogens is 1. The van der Waals surface area contributed by atoms with Crippen molar-refractivity contribution < 1.29 is 14.3 Å². The normalized spacial score (nSPS) is 10.4. The van der Waals surface area contributed by atoms with Crippen LogP contribution in [0.25, 0.3) is 10.9 Å². The van der Waals surface area contributed by atoms with Crippen molar-refractivity contribution in [3.63, 3.8) is 0 Å². The fourth-order valence-electron chi connectivity index (χ4n) is 2.83. The number of aromatic amines is 1. The largest absolute Gasteiger partial charge is 0.497 e. The smallest absolute Gasteiger partial charge is 0.319 e. The standard InChI is InChI=1S/C20H22N4O3/c1-21-19(25)13-3-5-15(6-4-13)24-20(26)22-10-9-14-12-23-18-8-7-16(27-2)11-17(14)18/h3-8,11-12,23H,9-10H2,1-2H3,(H,21,25)(H2,22,24,26). The third-order valence-electron chi connectivity index (χ3n) is 4.29. The van der Waals surface area contributed by atoms with Gasteiger partial charge in [0, 0.05) is 41.9 Å². The maximum Gasteiger partial charge on any atom is 0.319 e. The van der Waals surface area contributed by atoms with E-state index in [9.17, 15) is 9.59 Å². The number of anilines is 1. The second kappa shape index (κ2) is 8.27. The van der Waals surface area contributed by atoms with Gasteiger partial charge in [-0.2, -0.15) is 0 Å². The molecule has 0 fully saturated rings. The summed E-state index contributed by atoms with van der Waals surface area (Å²) in [6.45, 7) is 0.492. The van der Waals surface area contributed by atoms with Crippen LogP contribution in [0.4, 0.5) is 10.5 Å². The lowest BCUT2D eigenvalue weighted by atomic mass is 10.1. The van der Waals surface area contributed by atoms with Crippen molar-refractivity contribution >= 4 is 28.5 Å². The van der Waals surface area contributed by atoms with Crippen LogP contribution in [-0.2, 0) is 6.42 Å². The minimum absolute atomic E-state index is 0.165. The van der Waals surface area contributed by atoms with E-state index in [2.05, 4.69) is 20.9 Å². The first kappa shape index (κ1) is 18.3. The highest BCUT2D eigenvalue weighted by molar-refractivity contribution is 5.95. The van der Waals surface area contributed by atoms with Gasteiger partial charge in [0.05, 0.1) is 7.11 Å². The third kappa shape index (κ3) is 4.38. The number of ether oxygens (including phenoxy) is 1. The molecule has 1 aromatic heterocycles. The summed E-state index contributed by atoms with van der Waals surface area (Å²) in [5.74, 6) is 0.635. The number of hydrogen-bond acceptors (Lipinski definition) is 3. The van der Waals surface area contributed by atoms with Gasteiger partial charge in [0.2, 0.25) is 0 Å². The summed E-state index contributed by atoms with van der Waals surface area (Å²) in [6.07, 6.45) is 2.64. The van der Waals surface area contributed by atoms with Gasteiger partial charge in [-0.05, 0) is 54.4 Å². The zero-order valence-corrected chi connectivity index (χ0v) is 15.3. The average Bonchev–Trinajstić information content (AvgIpc) is 3.10. The van der Waals surface area contributed by atoms with Crippen LogP contribution in [0.1, 0.15) is 15.9 Å². The number of carbonyl (C=O) groups is 2. The lowest BCUT2D eigenvalue weighted by Crippen LogP contribution is -2.30. The second-order valence-electron chi connectivity index (χ2n) is 6.01. The van der Waals surface area contributed by atoms with Gasteiger partial charge in [-0.3, -0.25) is 4.79 Å². The van der Waals surface area contributed by atoms with Gasteiger partial charge in [-0.15, -0.1) is 0 Å². The van der Waals surface area contributed by atoms with Crippen LogP contribution < -0.4 is 20.7 Å². The van der Waals surface area contributed by atoms with E-state index in [4.69, 9.17) is 4.74 Å². The van der Waals surface area contributed by atoms with Crippen LogP contribution in [0, 0.1) is 0 Å². The summed E-state index contributed by atoms with van der Waals surface area (Å²) in [4.78, 5) is 26.8. The fraction of sp³-hybridized carbons (Fsp3) is 0.200. The molecule has 0 bridgehead atoms. The van der Waals surface area contributed by atoms with Gasteiger partial charge in [-0.1, -0.05) is 0 Å². The highest BCUT2D eigenvalue weighted by atomic mass is 16.5. The molecule has 0 radical (unpaired) electrons.